The lowest BCUT2D eigenvalue weighted by Gasteiger charge is -2.04. The predicted molar refractivity (Wildman–Crippen MR) is 68.4 cm³/mol. The number of fused-ring (bicyclic) bond motifs is 1. The van der Waals surface area contributed by atoms with Crippen LogP contribution in [-0.4, -0.2) is 36.2 Å². The molecule has 17 heavy (non-hydrogen) atoms. The smallest absolute Gasteiger partial charge is 0.210 e. The van der Waals surface area contributed by atoms with Gasteiger partial charge in [-0.15, -0.1) is 22.9 Å². The Hall–Kier alpha value is -0.690. The predicted octanol–water partition coefficient (Wildman–Crippen LogP) is 1.67. The molecule has 7 heteroatoms. The maximum absolute atomic E-state index is 11.9. The van der Waals surface area contributed by atoms with E-state index in [1.165, 1.54) is 0 Å². The van der Waals surface area contributed by atoms with Crippen LogP contribution in [0.25, 0.3) is 10.2 Å². The van der Waals surface area contributed by atoms with Gasteiger partial charge in [-0.05, 0) is 12.1 Å². The molecule has 0 aliphatic heterocycles. The van der Waals surface area contributed by atoms with Gasteiger partial charge in [-0.2, -0.15) is 0 Å². The molecule has 0 saturated heterocycles. The number of thiazole rings is 1. The first-order valence-corrected chi connectivity index (χ1v) is 7.85. The summed E-state index contributed by atoms with van der Waals surface area (Å²) in [4.78, 5) is 4.05. The lowest BCUT2D eigenvalue weighted by atomic mass is 10.3. The van der Waals surface area contributed by atoms with Crippen molar-refractivity contribution in [2.24, 2.45) is 0 Å². The summed E-state index contributed by atoms with van der Waals surface area (Å²) < 4.78 is 24.6. The van der Waals surface area contributed by atoms with Gasteiger partial charge in [0.25, 0.3) is 0 Å². The summed E-state index contributed by atoms with van der Waals surface area (Å²) in [6.45, 7) is 0. The van der Waals surface area contributed by atoms with Crippen LogP contribution < -0.4 is 0 Å². The molecule has 2 aromatic rings. The highest BCUT2D eigenvalue weighted by Crippen LogP contribution is 2.26. The summed E-state index contributed by atoms with van der Waals surface area (Å²) in [5, 5.41) is 9.30. The van der Waals surface area contributed by atoms with Crippen LogP contribution in [0, 0.1) is 0 Å². The molecule has 0 fully saturated rings. The lowest BCUT2D eigenvalue weighted by molar-refractivity contribution is 0.221. The van der Waals surface area contributed by atoms with E-state index < -0.39 is 21.7 Å². The number of sulfone groups is 1. The van der Waals surface area contributed by atoms with Crippen molar-refractivity contribution in [3.63, 3.8) is 0 Å². The number of halogens is 1. The monoisotopic (exact) mass is 291 g/mol. The van der Waals surface area contributed by atoms with Gasteiger partial charge >= 0.3 is 0 Å². The zero-order valence-corrected chi connectivity index (χ0v) is 11.1. The molecule has 1 heterocycles. The van der Waals surface area contributed by atoms with Gasteiger partial charge in [0, 0.05) is 5.88 Å². The Morgan fingerprint density at radius 3 is 2.76 bits per heavy atom. The average molecular weight is 292 g/mol. The number of aliphatic hydroxyl groups excluding tert-OH is 1. The maximum Gasteiger partial charge on any atom is 0.210 e. The normalized spacial score (nSPS) is 14.0. The van der Waals surface area contributed by atoms with Crippen molar-refractivity contribution in [1.82, 2.24) is 4.98 Å². The molecule has 1 N–H and O–H groups in total. The summed E-state index contributed by atoms with van der Waals surface area (Å²) >= 11 is 6.50. The molecule has 1 unspecified atom stereocenters. The van der Waals surface area contributed by atoms with Crippen molar-refractivity contribution in [2.75, 3.05) is 11.6 Å². The van der Waals surface area contributed by atoms with E-state index in [2.05, 4.69) is 4.98 Å². The van der Waals surface area contributed by atoms with Gasteiger partial charge in [0.1, 0.15) is 0 Å². The Morgan fingerprint density at radius 1 is 1.41 bits per heavy atom. The Bertz CT molecular complexity index is 590. The first-order valence-electron chi connectivity index (χ1n) is 4.85. The first kappa shape index (κ1) is 12.8. The largest absolute Gasteiger partial charge is 0.391 e. The van der Waals surface area contributed by atoms with E-state index >= 15 is 0 Å². The van der Waals surface area contributed by atoms with Gasteiger partial charge in [-0.1, -0.05) is 12.1 Å². The Morgan fingerprint density at radius 2 is 2.12 bits per heavy atom. The van der Waals surface area contributed by atoms with Crippen LogP contribution in [0.1, 0.15) is 0 Å². The Balaban J connectivity index is 2.39. The molecule has 0 amide bonds. The van der Waals surface area contributed by atoms with Gasteiger partial charge in [0.05, 0.1) is 22.1 Å². The molecule has 0 radical (unpaired) electrons. The Kier molecular flexibility index (Phi) is 3.67. The van der Waals surface area contributed by atoms with Crippen molar-refractivity contribution < 1.29 is 13.5 Å². The van der Waals surface area contributed by atoms with Gasteiger partial charge in [-0.3, -0.25) is 0 Å². The fourth-order valence-corrected chi connectivity index (χ4v) is 4.27. The van der Waals surface area contributed by atoms with Crippen LogP contribution in [0.15, 0.2) is 28.6 Å². The van der Waals surface area contributed by atoms with Crippen LogP contribution >= 0.6 is 22.9 Å². The van der Waals surface area contributed by atoms with Crippen molar-refractivity contribution in [1.29, 1.82) is 0 Å². The van der Waals surface area contributed by atoms with E-state index in [0.717, 1.165) is 16.0 Å². The number of aliphatic hydroxyl groups is 1. The van der Waals surface area contributed by atoms with Gasteiger partial charge < -0.3 is 5.11 Å². The number of para-hydroxylation sites is 1. The van der Waals surface area contributed by atoms with Gasteiger partial charge in [-0.25, -0.2) is 13.4 Å². The molecule has 4 nitrogen and oxygen atoms in total. The summed E-state index contributed by atoms with van der Waals surface area (Å²) in [5.41, 5.74) is 0.649. The molecule has 0 spiro atoms. The van der Waals surface area contributed by atoms with Crippen molar-refractivity contribution in [2.45, 2.75) is 10.4 Å². The van der Waals surface area contributed by atoms with Crippen LogP contribution in [-0.2, 0) is 9.84 Å². The van der Waals surface area contributed by atoms with E-state index in [0.29, 0.717) is 5.52 Å². The van der Waals surface area contributed by atoms with E-state index in [4.69, 9.17) is 11.6 Å². The van der Waals surface area contributed by atoms with Crippen molar-refractivity contribution >= 4 is 43.0 Å². The molecule has 92 valence electrons. The van der Waals surface area contributed by atoms with Gasteiger partial charge in [0.2, 0.25) is 14.2 Å². The molecule has 1 aromatic heterocycles. The molecule has 0 aliphatic carbocycles. The average Bonchev–Trinajstić information content (AvgIpc) is 2.72. The fourth-order valence-electron chi connectivity index (χ4n) is 1.35. The first-order chi connectivity index (χ1) is 8.03. The Labute approximate surface area is 108 Å². The number of alkyl halides is 1. The van der Waals surface area contributed by atoms with Crippen molar-refractivity contribution in [3.8, 4) is 0 Å². The third-order valence-electron chi connectivity index (χ3n) is 2.13. The molecule has 0 aliphatic rings. The topological polar surface area (TPSA) is 67.3 Å². The number of hydrogen-bond acceptors (Lipinski definition) is 5. The summed E-state index contributed by atoms with van der Waals surface area (Å²) in [6.07, 6.45) is -1.06. The molecular formula is C10H10ClNO3S2. The minimum atomic E-state index is -3.56. The zero-order chi connectivity index (χ0) is 12.5. The number of nitrogens with zero attached hydrogens (tertiary/aromatic N) is 1. The van der Waals surface area contributed by atoms with Gasteiger partial charge in [0.15, 0.2) is 0 Å². The second-order valence-corrected chi connectivity index (χ2v) is 7.08. The third-order valence-corrected chi connectivity index (χ3v) is 5.78. The van der Waals surface area contributed by atoms with Crippen LogP contribution in [0.4, 0.5) is 0 Å². The van der Waals surface area contributed by atoms with E-state index in [9.17, 15) is 13.5 Å². The van der Waals surface area contributed by atoms with E-state index in [1.54, 1.807) is 12.1 Å². The quantitative estimate of drug-likeness (QED) is 0.870. The highest BCUT2D eigenvalue weighted by Gasteiger charge is 2.23. The van der Waals surface area contributed by atoms with Crippen LogP contribution in [0.2, 0.25) is 0 Å². The molecular weight excluding hydrogens is 282 g/mol. The zero-order valence-electron chi connectivity index (χ0n) is 8.71. The highest BCUT2D eigenvalue weighted by molar-refractivity contribution is 7.93. The highest BCUT2D eigenvalue weighted by atomic mass is 35.5. The number of benzene rings is 1. The van der Waals surface area contributed by atoms with E-state index in [-0.39, 0.29) is 10.2 Å². The minimum absolute atomic E-state index is 0.0304. The third kappa shape index (κ3) is 2.77. The second kappa shape index (κ2) is 4.89. The molecule has 0 saturated carbocycles. The number of hydrogen-bond donors (Lipinski definition) is 1. The minimum Gasteiger partial charge on any atom is -0.391 e. The summed E-state index contributed by atoms with van der Waals surface area (Å²) in [7, 11) is -3.56. The second-order valence-electron chi connectivity index (χ2n) is 3.54. The van der Waals surface area contributed by atoms with Crippen LogP contribution in [0.3, 0.4) is 0 Å². The lowest BCUT2D eigenvalue weighted by Crippen LogP contribution is -2.22. The molecule has 1 atom stereocenters. The standard InChI is InChI=1S/C10H10ClNO3S2/c11-5-7(13)6-17(14,15)10-12-8-3-1-2-4-9(8)16-10/h1-4,7,13H,5-6H2. The SMILES string of the molecule is O=S(=O)(CC(O)CCl)c1nc2ccccc2s1. The number of aromatic nitrogens is 1. The molecule has 0 bridgehead atoms. The number of rotatable bonds is 4. The summed E-state index contributed by atoms with van der Waals surface area (Å²) in [5.74, 6) is -0.500. The fraction of sp³-hybridized carbons (Fsp3) is 0.300. The van der Waals surface area contributed by atoms with Crippen molar-refractivity contribution in [3.05, 3.63) is 24.3 Å². The molecule has 1 aromatic carbocycles. The van der Waals surface area contributed by atoms with Crippen LogP contribution in [0.5, 0.6) is 0 Å². The van der Waals surface area contributed by atoms with E-state index in [1.807, 2.05) is 12.1 Å². The maximum atomic E-state index is 11.9. The molecule has 2 rings (SSSR count). The summed E-state index contributed by atoms with van der Waals surface area (Å²) in [6, 6.07) is 7.18.